The molecule has 1 atom stereocenters. The van der Waals surface area contributed by atoms with Gasteiger partial charge in [-0.3, -0.25) is 9.69 Å². The van der Waals surface area contributed by atoms with Crippen molar-refractivity contribution in [3.8, 4) is 0 Å². The van der Waals surface area contributed by atoms with E-state index in [1.165, 1.54) is 33.8 Å². The lowest BCUT2D eigenvalue weighted by atomic mass is 9.98. The van der Waals surface area contributed by atoms with E-state index < -0.39 is 15.9 Å². The molecule has 0 saturated carbocycles. The number of thiophene rings is 1. The summed E-state index contributed by atoms with van der Waals surface area (Å²) in [6.07, 6.45) is 1.18. The van der Waals surface area contributed by atoms with Gasteiger partial charge in [-0.1, -0.05) is 22.9 Å². The van der Waals surface area contributed by atoms with E-state index in [-0.39, 0.29) is 22.5 Å². The number of hydrogen-bond acceptors (Lipinski definition) is 7. The first-order valence-corrected chi connectivity index (χ1v) is 13.9. The highest BCUT2D eigenvalue weighted by Gasteiger charge is 2.36. The van der Waals surface area contributed by atoms with E-state index in [1.54, 1.807) is 17.0 Å². The number of hydrogen-bond donors (Lipinski definition) is 0. The number of rotatable bonds is 7. The lowest BCUT2D eigenvalue weighted by Gasteiger charge is -2.33. The Morgan fingerprint density at radius 2 is 2.03 bits per heavy atom. The van der Waals surface area contributed by atoms with Gasteiger partial charge in [0.25, 0.3) is 10.0 Å². The quantitative estimate of drug-likeness (QED) is 0.459. The van der Waals surface area contributed by atoms with Crippen LogP contribution >= 0.6 is 34.3 Å². The van der Waals surface area contributed by atoms with Crippen LogP contribution in [0.4, 0.5) is 9.52 Å². The van der Waals surface area contributed by atoms with E-state index in [4.69, 9.17) is 11.6 Å². The normalized spacial score (nSPS) is 17.7. The number of halogens is 2. The molecule has 12 heteroatoms. The molecule has 1 unspecified atom stereocenters. The molecule has 33 heavy (non-hydrogen) atoms. The van der Waals surface area contributed by atoms with Gasteiger partial charge in [0.2, 0.25) is 5.91 Å². The fraction of sp³-hybridized carbons (Fsp3) is 0.429. The number of likely N-dealkylation sites (N-methyl/N-ethyl adjacent to an activating group) is 1. The Bertz CT molecular complexity index is 1260. The minimum absolute atomic E-state index is 0.106. The summed E-state index contributed by atoms with van der Waals surface area (Å²) in [5, 5.41) is 0.493. The van der Waals surface area contributed by atoms with Crippen LogP contribution in [0.15, 0.2) is 34.5 Å². The van der Waals surface area contributed by atoms with Crippen molar-refractivity contribution in [1.29, 1.82) is 0 Å². The summed E-state index contributed by atoms with van der Waals surface area (Å²) in [6, 6.07) is 7.41. The number of carbonyl (C=O) groups excluding carboxylic acids is 1. The second-order valence-corrected chi connectivity index (χ2v) is 13.1. The molecular formula is C21H24ClFN4O3S3. The number of piperidine rings is 1. The summed E-state index contributed by atoms with van der Waals surface area (Å²) >= 11 is 8.21. The predicted molar refractivity (Wildman–Crippen MR) is 131 cm³/mol. The molecule has 1 fully saturated rings. The van der Waals surface area contributed by atoms with Crippen LogP contribution in [0.5, 0.6) is 0 Å². The molecule has 4 rings (SSSR count). The van der Waals surface area contributed by atoms with Crippen LogP contribution < -0.4 is 4.90 Å². The summed E-state index contributed by atoms with van der Waals surface area (Å²) in [7, 11) is 0.113. The summed E-state index contributed by atoms with van der Waals surface area (Å²) in [6.45, 7) is 1.48. The molecule has 1 aliphatic rings. The number of amides is 1. The fourth-order valence-electron chi connectivity index (χ4n) is 3.75. The maximum absolute atomic E-state index is 13.7. The summed E-state index contributed by atoms with van der Waals surface area (Å²) in [5.41, 5.74) is 0.626. The molecule has 0 spiro atoms. The third-order valence-electron chi connectivity index (χ3n) is 5.48. The van der Waals surface area contributed by atoms with Crippen LogP contribution in [0.1, 0.15) is 12.8 Å². The van der Waals surface area contributed by atoms with E-state index in [2.05, 4.69) is 4.98 Å². The van der Waals surface area contributed by atoms with Crippen molar-refractivity contribution in [3.05, 3.63) is 40.5 Å². The second-order valence-electron chi connectivity index (χ2n) is 8.16. The number of benzene rings is 1. The molecule has 1 amide bonds. The maximum atomic E-state index is 13.7. The first-order chi connectivity index (χ1) is 15.6. The van der Waals surface area contributed by atoms with Crippen LogP contribution in [-0.2, 0) is 14.8 Å². The highest BCUT2D eigenvalue weighted by molar-refractivity contribution is 7.91. The van der Waals surface area contributed by atoms with Crippen LogP contribution in [0.25, 0.3) is 10.2 Å². The number of anilines is 1. The van der Waals surface area contributed by atoms with Gasteiger partial charge in [-0.2, -0.15) is 4.31 Å². The second kappa shape index (κ2) is 9.93. The average Bonchev–Trinajstić information content (AvgIpc) is 3.40. The molecule has 1 aliphatic heterocycles. The molecule has 0 aliphatic carbocycles. The Hall–Kier alpha value is -1.63. The Balaban J connectivity index is 1.59. The van der Waals surface area contributed by atoms with Gasteiger partial charge in [-0.05, 0) is 57.3 Å². The Morgan fingerprint density at radius 3 is 2.73 bits per heavy atom. The minimum Gasteiger partial charge on any atom is -0.308 e. The number of thiazole rings is 1. The van der Waals surface area contributed by atoms with Gasteiger partial charge in [0.05, 0.1) is 20.5 Å². The molecule has 0 N–H and O–H groups in total. The number of sulfonamides is 1. The van der Waals surface area contributed by atoms with Gasteiger partial charge >= 0.3 is 0 Å². The van der Waals surface area contributed by atoms with Gasteiger partial charge in [0, 0.05) is 26.2 Å². The monoisotopic (exact) mass is 530 g/mol. The molecular weight excluding hydrogens is 507 g/mol. The maximum Gasteiger partial charge on any atom is 0.252 e. The van der Waals surface area contributed by atoms with E-state index >= 15 is 0 Å². The zero-order valence-electron chi connectivity index (χ0n) is 18.2. The minimum atomic E-state index is -3.72. The van der Waals surface area contributed by atoms with Gasteiger partial charge in [-0.25, -0.2) is 17.8 Å². The number of aromatic nitrogens is 1. The lowest BCUT2D eigenvalue weighted by molar-refractivity contribution is -0.123. The molecule has 1 aromatic carbocycles. The van der Waals surface area contributed by atoms with Gasteiger partial charge < -0.3 is 4.90 Å². The molecule has 0 radical (unpaired) electrons. The van der Waals surface area contributed by atoms with E-state index in [9.17, 15) is 17.6 Å². The van der Waals surface area contributed by atoms with Crippen molar-refractivity contribution < 1.29 is 17.6 Å². The van der Waals surface area contributed by atoms with Crippen molar-refractivity contribution in [2.75, 3.05) is 45.2 Å². The topological polar surface area (TPSA) is 73.8 Å². The van der Waals surface area contributed by atoms with E-state index in [0.29, 0.717) is 52.2 Å². The fourth-order valence-corrected chi connectivity index (χ4v) is 7.93. The summed E-state index contributed by atoms with van der Waals surface area (Å²) in [5.74, 6) is -1.01. The third kappa shape index (κ3) is 5.39. The van der Waals surface area contributed by atoms with Crippen LogP contribution in [0, 0.1) is 11.7 Å². The molecule has 1 saturated heterocycles. The summed E-state index contributed by atoms with van der Waals surface area (Å²) < 4.78 is 42.4. The zero-order valence-corrected chi connectivity index (χ0v) is 21.4. The van der Waals surface area contributed by atoms with Crippen LogP contribution in [0.2, 0.25) is 4.34 Å². The Morgan fingerprint density at radius 1 is 1.24 bits per heavy atom. The van der Waals surface area contributed by atoms with Crippen molar-refractivity contribution in [2.24, 2.45) is 5.92 Å². The standard InChI is InChI=1S/C21H24ClFN4O3S3/c1-25(2)10-11-27(21-24-16-6-5-15(23)12-17(16)31-21)20(28)14-4-3-9-26(13-14)33(29,30)19-8-7-18(22)32-19/h5-8,12,14H,3-4,9-11,13H2,1-2H3. The van der Waals surface area contributed by atoms with Gasteiger partial charge in [-0.15, -0.1) is 11.3 Å². The molecule has 3 aromatic rings. The van der Waals surface area contributed by atoms with Crippen molar-refractivity contribution in [2.45, 2.75) is 17.1 Å². The Kier molecular flexibility index (Phi) is 7.37. The Labute approximate surface area is 205 Å². The van der Waals surface area contributed by atoms with Gasteiger partial charge in [0.15, 0.2) is 5.13 Å². The summed E-state index contributed by atoms with van der Waals surface area (Å²) in [4.78, 5) is 21.8. The van der Waals surface area contributed by atoms with Crippen molar-refractivity contribution in [3.63, 3.8) is 0 Å². The molecule has 178 valence electrons. The number of nitrogens with zero attached hydrogens (tertiary/aromatic N) is 4. The van der Waals surface area contributed by atoms with E-state index in [1.807, 2.05) is 19.0 Å². The van der Waals surface area contributed by atoms with Crippen molar-refractivity contribution in [1.82, 2.24) is 14.2 Å². The average molecular weight is 531 g/mol. The van der Waals surface area contributed by atoms with Crippen molar-refractivity contribution >= 4 is 65.6 Å². The van der Waals surface area contributed by atoms with E-state index in [0.717, 1.165) is 11.3 Å². The molecule has 0 bridgehead atoms. The highest BCUT2D eigenvalue weighted by atomic mass is 35.5. The molecule has 2 aromatic heterocycles. The third-order valence-corrected chi connectivity index (χ3v) is 10.1. The number of carbonyl (C=O) groups is 1. The van der Waals surface area contributed by atoms with Gasteiger partial charge in [0.1, 0.15) is 10.0 Å². The van der Waals surface area contributed by atoms with Crippen LogP contribution in [0.3, 0.4) is 0 Å². The lowest BCUT2D eigenvalue weighted by Crippen LogP contribution is -2.48. The largest absolute Gasteiger partial charge is 0.308 e. The first kappa shape index (κ1) is 24.5. The molecule has 7 nitrogen and oxygen atoms in total. The van der Waals surface area contributed by atoms with Crippen LogP contribution in [-0.4, -0.2) is 68.8 Å². The SMILES string of the molecule is CN(C)CCN(C(=O)C1CCCN(S(=O)(=O)c2ccc(Cl)s2)C1)c1nc2ccc(F)cc2s1. The highest BCUT2D eigenvalue weighted by Crippen LogP contribution is 2.33. The molecule has 3 heterocycles. The smallest absolute Gasteiger partial charge is 0.252 e. The zero-order chi connectivity index (χ0) is 23.8. The predicted octanol–water partition coefficient (Wildman–Crippen LogP) is 4.15. The first-order valence-electron chi connectivity index (χ1n) is 10.4. The number of fused-ring (bicyclic) bond motifs is 1.